The van der Waals surface area contributed by atoms with E-state index in [-0.39, 0.29) is 24.5 Å². The van der Waals surface area contributed by atoms with Crippen LogP contribution in [0.15, 0.2) is 0 Å². The molecule has 0 aliphatic carbocycles. The van der Waals surface area contributed by atoms with Gasteiger partial charge >= 0.3 is 11.9 Å². The smallest absolute Gasteiger partial charge is 0.326 e. The lowest BCUT2D eigenvalue weighted by Gasteiger charge is -2.13. The molecule has 0 spiro atoms. The van der Waals surface area contributed by atoms with E-state index in [1.54, 1.807) is 0 Å². The largest absolute Gasteiger partial charge is 0.481 e. The lowest BCUT2D eigenvalue weighted by atomic mass is 10.0. The summed E-state index contributed by atoms with van der Waals surface area (Å²) in [6.45, 7) is 1.84. The van der Waals surface area contributed by atoms with Gasteiger partial charge in [-0.15, -0.1) is 0 Å². The van der Waals surface area contributed by atoms with Crippen molar-refractivity contribution in [1.82, 2.24) is 5.32 Å². The highest BCUT2D eigenvalue weighted by molar-refractivity contribution is 5.95. The highest BCUT2D eigenvalue weighted by Crippen LogP contribution is 2.10. The number of unbranched alkanes of at least 4 members (excludes halogenated alkanes) is 2. The molecule has 0 aliphatic heterocycles. The van der Waals surface area contributed by atoms with Gasteiger partial charge in [0.05, 0.1) is 0 Å². The molecule has 0 aromatic carbocycles. The third-order valence-electron chi connectivity index (χ3n) is 3.50. The Morgan fingerprint density at radius 2 is 1.67 bits per heavy atom. The highest BCUT2D eigenvalue weighted by Gasteiger charge is 2.21. The molecule has 0 bridgehead atoms. The zero-order chi connectivity index (χ0) is 18.5. The van der Waals surface area contributed by atoms with E-state index in [0.717, 1.165) is 25.5 Å². The van der Waals surface area contributed by atoms with Crippen molar-refractivity contribution in [1.29, 1.82) is 0 Å². The van der Waals surface area contributed by atoms with Crippen LogP contribution < -0.4 is 5.32 Å². The Labute approximate surface area is 140 Å². The van der Waals surface area contributed by atoms with Crippen molar-refractivity contribution in [2.75, 3.05) is 0 Å². The monoisotopic (exact) mass is 343 g/mol. The van der Waals surface area contributed by atoms with Crippen molar-refractivity contribution in [3.8, 4) is 0 Å². The van der Waals surface area contributed by atoms with E-state index < -0.39 is 30.3 Å². The van der Waals surface area contributed by atoms with Crippen LogP contribution in [0.2, 0.25) is 0 Å². The van der Waals surface area contributed by atoms with Gasteiger partial charge in [-0.25, -0.2) is 4.79 Å². The Morgan fingerprint density at radius 3 is 2.21 bits per heavy atom. The van der Waals surface area contributed by atoms with Crippen LogP contribution in [0.3, 0.4) is 0 Å². The lowest BCUT2D eigenvalue weighted by molar-refractivity contribution is -0.145. The van der Waals surface area contributed by atoms with E-state index in [9.17, 15) is 24.0 Å². The number of carbonyl (C=O) groups excluding carboxylic acids is 3. The van der Waals surface area contributed by atoms with Gasteiger partial charge in [0.2, 0.25) is 5.91 Å². The van der Waals surface area contributed by atoms with Gasteiger partial charge in [-0.05, 0) is 19.3 Å². The molecule has 0 heterocycles. The van der Waals surface area contributed by atoms with E-state index in [1.807, 2.05) is 6.92 Å². The van der Waals surface area contributed by atoms with Crippen LogP contribution in [-0.4, -0.2) is 46.2 Å². The zero-order valence-electron chi connectivity index (χ0n) is 13.8. The Balaban J connectivity index is 4.02. The van der Waals surface area contributed by atoms with Crippen molar-refractivity contribution in [2.45, 2.75) is 64.3 Å². The fourth-order valence-corrected chi connectivity index (χ4v) is 2.10. The van der Waals surface area contributed by atoms with Crippen LogP contribution in [0.25, 0.3) is 0 Å². The van der Waals surface area contributed by atoms with Crippen LogP contribution >= 0.6 is 0 Å². The van der Waals surface area contributed by atoms with Crippen molar-refractivity contribution in [3.63, 3.8) is 0 Å². The molecule has 0 rings (SSSR count). The summed E-state index contributed by atoms with van der Waals surface area (Å²) in [6.07, 6.45) is 3.49. The van der Waals surface area contributed by atoms with Crippen LogP contribution in [0.1, 0.15) is 58.3 Å². The van der Waals surface area contributed by atoms with E-state index in [2.05, 4.69) is 5.32 Å². The number of rotatable bonds is 14. The molecular weight excluding hydrogens is 318 g/mol. The first kappa shape index (κ1) is 21.8. The maximum Gasteiger partial charge on any atom is 0.326 e. The topological polar surface area (TPSA) is 138 Å². The molecule has 2 atom stereocenters. The van der Waals surface area contributed by atoms with Crippen molar-refractivity contribution in [3.05, 3.63) is 0 Å². The summed E-state index contributed by atoms with van der Waals surface area (Å²) in [4.78, 5) is 54.9. The van der Waals surface area contributed by atoms with E-state index in [4.69, 9.17) is 10.2 Å². The molecule has 8 heteroatoms. The number of hydrogen-bond donors (Lipinski definition) is 3. The number of hydrogen-bond acceptors (Lipinski definition) is 5. The number of ketones is 1. The average molecular weight is 343 g/mol. The number of aliphatic carboxylic acids is 2. The fraction of sp³-hybridized carbons (Fsp3) is 0.688. The number of carboxylic acids is 2. The SMILES string of the molecule is CC(C=O)CCCCCC(=O)CCC(NC(=O)CC(=O)O)C(=O)O. The Kier molecular flexibility index (Phi) is 11.1. The van der Waals surface area contributed by atoms with Gasteiger partial charge in [-0.1, -0.05) is 19.8 Å². The van der Waals surface area contributed by atoms with Gasteiger partial charge in [-0.2, -0.15) is 0 Å². The molecular formula is C16H25NO7. The number of nitrogens with one attached hydrogen (secondary N) is 1. The van der Waals surface area contributed by atoms with Crippen molar-refractivity contribution >= 4 is 29.9 Å². The molecule has 2 unspecified atom stereocenters. The number of carbonyl (C=O) groups is 5. The lowest BCUT2D eigenvalue weighted by Crippen LogP contribution is -2.41. The standard InChI is InChI=1S/C16H25NO7/c1-11(10-18)5-3-2-4-6-12(19)7-8-13(16(23)24)17-14(20)9-15(21)22/h10-11,13H,2-9H2,1H3,(H,17,20)(H,21,22)(H,23,24). The number of carboxylic acid groups (broad SMARTS) is 2. The van der Waals surface area contributed by atoms with Gasteiger partial charge in [0.1, 0.15) is 24.5 Å². The first-order chi connectivity index (χ1) is 11.3. The average Bonchev–Trinajstić information content (AvgIpc) is 2.49. The number of Topliss-reactive ketones (excluding diaryl/α,β-unsaturated/α-hetero) is 1. The molecule has 0 saturated heterocycles. The van der Waals surface area contributed by atoms with E-state index in [1.165, 1.54) is 0 Å². The van der Waals surface area contributed by atoms with Crippen molar-refractivity contribution < 1.29 is 34.2 Å². The van der Waals surface area contributed by atoms with Gasteiger partial charge in [-0.3, -0.25) is 14.4 Å². The normalized spacial score (nSPS) is 12.9. The quantitative estimate of drug-likeness (QED) is 0.244. The van der Waals surface area contributed by atoms with Crippen LogP contribution in [-0.2, 0) is 24.0 Å². The van der Waals surface area contributed by atoms with Crippen LogP contribution in [0, 0.1) is 5.92 Å². The second-order valence-corrected chi connectivity index (χ2v) is 5.82. The minimum absolute atomic E-state index is 0.00899. The number of aldehydes is 1. The minimum Gasteiger partial charge on any atom is -0.481 e. The molecule has 8 nitrogen and oxygen atoms in total. The highest BCUT2D eigenvalue weighted by atomic mass is 16.4. The van der Waals surface area contributed by atoms with Gasteiger partial charge in [0.15, 0.2) is 0 Å². The maximum absolute atomic E-state index is 11.7. The van der Waals surface area contributed by atoms with Crippen LogP contribution in [0.4, 0.5) is 0 Å². The third-order valence-corrected chi connectivity index (χ3v) is 3.50. The molecule has 0 fully saturated rings. The first-order valence-electron chi connectivity index (χ1n) is 7.97. The molecule has 0 radical (unpaired) electrons. The van der Waals surface area contributed by atoms with Crippen molar-refractivity contribution in [2.24, 2.45) is 5.92 Å². The second kappa shape index (κ2) is 12.2. The summed E-state index contributed by atoms with van der Waals surface area (Å²) in [5.41, 5.74) is 0. The van der Waals surface area contributed by atoms with Crippen LogP contribution in [0.5, 0.6) is 0 Å². The molecule has 1 amide bonds. The van der Waals surface area contributed by atoms with Gasteiger partial charge in [0.25, 0.3) is 0 Å². The predicted octanol–water partition coefficient (Wildman–Crippen LogP) is 1.17. The maximum atomic E-state index is 11.7. The van der Waals surface area contributed by atoms with E-state index in [0.29, 0.717) is 12.8 Å². The third kappa shape index (κ3) is 11.3. The minimum atomic E-state index is -1.35. The summed E-state index contributed by atoms with van der Waals surface area (Å²) in [5, 5.41) is 19.5. The fourth-order valence-electron chi connectivity index (χ4n) is 2.10. The molecule has 24 heavy (non-hydrogen) atoms. The first-order valence-corrected chi connectivity index (χ1v) is 7.97. The van der Waals surface area contributed by atoms with Gasteiger partial charge in [0, 0.05) is 18.8 Å². The van der Waals surface area contributed by atoms with E-state index >= 15 is 0 Å². The molecule has 0 aliphatic rings. The molecule has 3 N–H and O–H groups in total. The molecule has 0 saturated carbocycles. The summed E-state index contributed by atoms with van der Waals surface area (Å²) in [5.74, 6) is -3.63. The molecule has 0 aromatic rings. The number of amides is 1. The predicted molar refractivity (Wildman–Crippen MR) is 84.4 cm³/mol. The molecule has 0 aromatic heterocycles. The second-order valence-electron chi connectivity index (χ2n) is 5.82. The Morgan fingerprint density at radius 1 is 1.00 bits per heavy atom. The zero-order valence-corrected chi connectivity index (χ0v) is 13.8. The molecule has 136 valence electrons. The summed E-state index contributed by atoms with van der Waals surface area (Å²) < 4.78 is 0. The van der Waals surface area contributed by atoms with Gasteiger partial charge < -0.3 is 20.3 Å². The Hall–Kier alpha value is -2.25. The summed E-state index contributed by atoms with van der Waals surface area (Å²) in [7, 11) is 0. The summed E-state index contributed by atoms with van der Waals surface area (Å²) >= 11 is 0. The summed E-state index contributed by atoms with van der Waals surface area (Å²) in [6, 6.07) is -1.27. The Bertz CT molecular complexity index is 461.